The average molecular weight is 201 g/mol. The van der Waals surface area contributed by atoms with Gasteiger partial charge in [-0.3, -0.25) is 0 Å². The standard InChI is InChI=1S/C6H6N4.C4H5N/c7-10-6-4-2-1-3-5(6)8-9-10;1-2-4-5-3-1/h1-4H,7H2;1-5H. The van der Waals surface area contributed by atoms with Gasteiger partial charge in [-0.25, -0.2) is 0 Å². The number of H-pyrrole nitrogens is 1. The summed E-state index contributed by atoms with van der Waals surface area (Å²) in [5.74, 6) is 5.42. The van der Waals surface area contributed by atoms with Gasteiger partial charge in [0.2, 0.25) is 0 Å². The molecule has 3 rings (SSSR count). The normalized spacial score (nSPS) is 9.60. The number of hydrogen-bond donors (Lipinski definition) is 2. The molecule has 76 valence electrons. The molecule has 0 saturated carbocycles. The summed E-state index contributed by atoms with van der Waals surface area (Å²) in [5, 5.41) is 7.45. The molecule has 5 heteroatoms. The minimum absolute atomic E-state index is 0.824. The van der Waals surface area contributed by atoms with Crippen LogP contribution in [0.4, 0.5) is 0 Å². The highest BCUT2D eigenvalue weighted by Crippen LogP contribution is 2.05. The third-order valence-corrected chi connectivity index (χ3v) is 1.87. The van der Waals surface area contributed by atoms with E-state index in [4.69, 9.17) is 5.84 Å². The third kappa shape index (κ3) is 2.14. The van der Waals surface area contributed by atoms with Gasteiger partial charge in [-0.2, -0.15) is 4.79 Å². The molecule has 2 heterocycles. The Morgan fingerprint density at radius 1 is 1.07 bits per heavy atom. The largest absolute Gasteiger partial charge is 0.368 e. The first-order valence-electron chi connectivity index (χ1n) is 4.51. The molecule has 0 aliphatic carbocycles. The third-order valence-electron chi connectivity index (χ3n) is 1.87. The molecule has 3 N–H and O–H groups in total. The smallest absolute Gasteiger partial charge is 0.115 e. The number of fused-ring (bicyclic) bond motifs is 1. The van der Waals surface area contributed by atoms with E-state index in [-0.39, 0.29) is 0 Å². The lowest BCUT2D eigenvalue weighted by Crippen LogP contribution is -2.09. The molecule has 0 fully saturated rings. The van der Waals surface area contributed by atoms with E-state index in [0.29, 0.717) is 0 Å². The summed E-state index contributed by atoms with van der Waals surface area (Å²) in [6.07, 6.45) is 3.75. The van der Waals surface area contributed by atoms with Crippen molar-refractivity contribution in [2.75, 3.05) is 5.84 Å². The fraction of sp³-hybridized carbons (Fsp3) is 0. The number of aromatic amines is 1. The van der Waals surface area contributed by atoms with Gasteiger partial charge in [0.25, 0.3) is 0 Å². The van der Waals surface area contributed by atoms with Crippen LogP contribution in [0.15, 0.2) is 48.8 Å². The van der Waals surface area contributed by atoms with Gasteiger partial charge in [0.15, 0.2) is 0 Å². The Labute approximate surface area is 86.5 Å². The summed E-state index contributed by atoms with van der Waals surface area (Å²) < 4.78 is 0. The van der Waals surface area contributed by atoms with Gasteiger partial charge in [0.1, 0.15) is 11.0 Å². The van der Waals surface area contributed by atoms with Crippen molar-refractivity contribution < 1.29 is 0 Å². The summed E-state index contributed by atoms with van der Waals surface area (Å²) >= 11 is 0. The van der Waals surface area contributed by atoms with Crippen LogP contribution in [0.1, 0.15) is 0 Å². The second-order valence-corrected chi connectivity index (χ2v) is 2.91. The number of nitrogens with two attached hydrogens (primary N) is 1. The molecule has 1 aromatic carbocycles. The molecule has 0 amide bonds. The van der Waals surface area contributed by atoms with E-state index in [1.54, 1.807) is 0 Å². The van der Waals surface area contributed by atoms with Gasteiger partial charge < -0.3 is 10.8 Å². The molecular formula is C10H11N5. The van der Waals surface area contributed by atoms with Crippen molar-refractivity contribution in [2.24, 2.45) is 0 Å². The van der Waals surface area contributed by atoms with Crippen LogP contribution in [-0.4, -0.2) is 20.1 Å². The highest BCUT2D eigenvalue weighted by molar-refractivity contribution is 5.73. The van der Waals surface area contributed by atoms with Gasteiger partial charge in [-0.1, -0.05) is 12.1 Å². The second-order valence-electron chi connectivity index (χ2n) is 2.91. The zero-order valence-electron chi connectivity index (χ0n) is 8.04. The Hall–Kier alpha value is -2.30. The van der Waals surface area contributed by atoms with E-state index < -0.39 is 0 Å². The van der Waals surface area contributed by atoms with Crippen molar-refractivity contribution >= 4 is 11.0 Å². The van der Waals surface area contributed by atoms with Crippen molar-refractivity contribution in [2.45, 2.75) is 0 Å². The Kier molecular flexibility index (Phi) is 2.64. The number of benzene rings is 1. The Balaban J connectivity index is 0.000000144. The first kappa shape index (κ1) is 9.26. The molecule has 3 aromatic rings. The molecule has 0 saturated heterocycles. The molecule has 0 bridgehead atoms. The Morgan fingerprint density at radius 2 is 1.80 bits per heavy atom. The molecule has 0 aliphatic rings. The number of rotatable bonds is 0. The van der Waals surface area contributed by atoms with Gasteiger partial charge in [0.05, 0.1) is 0 Å². The van der Waals surface area contributed by atoms with Crippen molar-refractivity contribution in [3.8, 4) is 0 Å². The Morgan fingerprint density at radius 3 is 2.40 bits per heavy atom. The summed E-state index contributed by atoms with van der Waals surface area (Å²) in [6.45, 7) is 0. The van der Waals surface area contributed by atoms with Crippen LogP contribution < -0.4 is 5.84 Å². The van der Waals surface area contributed by atoms with Crippen LogP contribution in [0.25, 0.3) is 11.0 Å². The van der Waals surface area contributed by atoms with Crippen molar-refractivity contribution in [3.63, 3.8) is 0 Å². The van der Waals surface area contributed by atoms with E-state index >= 15 is 0 Å². The second kappa shape index (κ2) is 4.28. The van der Waals surface area contributed by atoms with Crippen LogP contribution >= 0.6 is 0 Å². The zero-order valence-corrected chi connectivity index (χ0v) is 8.04. The number of para-hydroxylation sites is 1. The molecular weight excluding hydrogens is 190 g/mol. The molecule has 0 spiro atoms. The van der Waals surface area contributed by atoms with Gasteiger partial charge >= 0.3 is 0 Å². The monoisotopic (exact) mass is 201 g/mol. The van der Waals surface area contributed by atoms with Gasteiger partial charge in [0, 0.05) is 12.4 Å². The summed E-state index contributed by atoms with van der Waals surface area (Å²) in [5.41, 5.74) is 1.67. The molecule has 2 aromatic heterocycles. The predicted octanol–water partition coefficient (Wildman–Crippen LogP) is 1.16. The summed E-state index contributed by atoms with van der Waals surface area (Å²) in [4.78, 5) is 4.12. The van der Waals surface area contributed by atoms with Crippen LogP contribution in [0, 0.1) is 0 Å². The lowest BCUT2D eigenvalue weighted by molar-refractivity contribution is 0.787. The van der Waals surface area contributed by atoms with E-state index in [0.717, 1.165) is 11.0 Å². The quantitative estimate of drug-likeness (QED) is 0.536. The highest BCUT2D eigenvalue weighted by atomic mass is 15.6. The average Bonchev–Trinajstić information content (AvgIpc) is 2.92. The minimum Gasteiger partial charge on any atom is -0.368 e. The maximum atomic E-state index is 5.42. The van der Waals surface area contributed by atoms with Crippen LogP contribution in [0.2, 0.25) is 0 Å². The maximum absolute atomic E-state index is 5.42. The first-order valence-corrected chi connectivity index (χ1v) is 4.51. The summed E-state index contributed by atoms with van der Waals surface area (Å²) in [6, 6.07) is 11.4. The highest BCUT2D eigenvalue weighted by Gasteiger charge is 1.96. The maximum Gasteiger partial charge on any atom is 0.115 e. The summed E-state index contributed by atoms with van der Waals surface area (Å²) in [7, 11) is 0. The van der Waals surface area contributed by atoms with Gasteiger partial charge in [-0.05, 0) is 29.5 Å². The lowest BCUT2D eigenvalue weighted by atomic mass is 10.3. The number of aromatic nitrogens is 4. The van der Waals surface area contributed by atoms with Crippen LogP contribution in [-0.2, 0) is 0 Å². The minimum atomic E-state index is 0.824. The SMILES string of the molecule is Nn1nnc2ccccc21.c1cc[nH]c1. The molecule has 15 heavy (non-hydrogen) atoms. The lowest BCUT2D eigenvalue weighted by Gasteiger charge is -1.87. The fourth-order valence-corrected chi connectivity index (χ4v) is 1.16. The van der Waals surface area contributed by atoms with E-state index in [9.17, 15) is 0 Å². The molecule has 0 radical (unpaired) electrons. The molecule has 0 aliphatic heterocycles. The van der Waals surface area contributed by atoms with Crippen molar-refractivity contribution in [1.82, 2.24) is 20.1 Å². The number of nitrogen functional groups attached to an aromatic ring is 1. The van der Waals surface area contributed by atoms with Crippen molar-refractivity contribution in [1.29, 1.82) is 0 Å². The molecule has 5 nitrogen and oxygen atoms in total. The fourth-order valence-electron chi connectivity index (χ4n) is 1.16. The van der Waals surface area contributed by atoms with E-state index in [2.05, 4.69) is 15.3 Å². The number of nitrogens with one attached hydrogen (secondary N) is 1. The van der Waals surface area contributed by atoms with Crippen LogP contribution in [0.3, 0.4) is 0 Å². The number of nitrogens with zero attached hydrogens (tertiary/aromatic N) is 3. The topological polar surface area (TPSA) is 72.5 Å². The van der Waals surface area contributed by atoms with E-state index in [1.807, 2.05) is 48.8 Å². The molecule has 0 atom stereocenters. The van der Waals surface area contributed by atoms with Crippen molar-refractivity contribution in [3.05, 3.63) is 48.8 Å². The number of hydrogen-bond acceptors (Lipinski definition) is 3. The first-order chi connectivity index (χ1) is 7.38. The van der Waals surface area contributed by atoms with E-state index in [1.165, 1.54) is 4.79 Å². The predicted molar refractivity (Wildman–Crippen MR) is 58.5 cm³/mol. The zero-order chi connectivity index (χ0) is 10.5. The van der Waals surface area contributed by atoms with Gasteiger partial charge in [-0.15, -0.1) is 5.10 Å². The van der Waals surface area contributed by atoms with Crippen LogP contribution in [0.5, 0.6) is 0 Å². The Bertz CT molecular complexity index is 494. The molecule has 0 unspecified atom stereocenters.